The summed E-state index contributed by atoms with van der Waals surface area (Å²) >= 11 is 0. The highest BCUT2D eigenvalue weighted by atomic mass is 16.8. The minimum absolute atomic E-state index is 0.665. The molecule has 0 saturated carbocycles. The van der Waals surface area contributed by atoms with E-state index in [1.165, 1.54) is 0 Å². The number of hydrogen-bond donors (Lipinski definition) is 7. The van der Waals surface area contributed by atoms with Gasteiger partial charge in [-0.3, -0.25) is 0 Å². The highest BCUT2D eigenvalue weighted by molar-refractivity contribution is 4.95. The third-order valence-corrected chi connectivity index (χ3v) is 4.15. The Hall–Kier alpha value is -1.09. The lowest BCUT2D eigenvalue weighted by molar-refractivity contribution is -0.368. The minimum Gasteiger partial charge on any atom is -0.394 e. The average molecular weight is 367 g/mol. The van der Waals surface area contributed by atoms with E-state index in [1.807, 2.05) is 0 Å². The molecule has 2 fully saturated rings. The number of rotatable bonds is 5. The van der Waals surface area contributed by atoms with Crippen molar-refractivity contribution in [2.75, 3.05) is 13.2 Å². The zero-order chi connectivity index (χ0) is 18.7. The van der Waals surface area contributed by atoms with Crippen LogP contribution in [-0.2, 0) is 14.2 Å². The van der Waals surface area contributed by atoms with Gasteiger partial charge in [0.05, 0.1) is 31.5 Å². The van der Waals surface area contributed by atoms with Gasteiger partial charge in [-0.2, -0.15) is 0 Å². The molecule has 2 rings (SSSR count). The summed E-state index contributed by atoms with van der Waals surface area (Å²) in [6.07, 6.45) is -14.1. The van der Waals surface area contributed by atoms with Crippen molar-refractivity contribution in [3.63, 3.8) is 0 Å². The van der Waals surface area contributed by atoms with Crippen LogP contribution in [0.2, 0.25) is 0 Å². The molecule has 0 aromatic carbocycles. The topological polar surface area (TPSA) is 218 Å². The van der Waals surface area contributed by atoms with Crippen molar-refractivity contribution in [3.8, 4) is 0 Å². The second-order valence-electron chi connectivity index (χ2n) is 5.74. The second-order valence-corrected chi connectivity index (χ2v) is 5.74. The van der Waals surface area contributed by atoms with Crippen LogP contribution in [0.5, 0.6) is 0 Å². The fraction of sp³-hybridized carbons (Fsp3) is 1.00. The Morgan fingerprint density at radius 2 is 1.32 bits per heavy atom. The van der Waals surface area contributed by atoms with Gasteiger partial charge in [-0.25, -0.2) is 0 Å². The summed E-state index contributed by atoms with van der Waals surface area (Å²) < 4.78 is 15.5. The van der Waals surface area contributed by atoms with E-state index in [9.17, 15) is 30.6 Å². The van der Waals surface area contributed by atoms with E-state index < -0.39 is 74.6 Å². The molecule has 0 aliphatic carbocycles. The maximum Gasteiger partial charge on any atom is 0.189 e. The quantitative estimate of drug-likeness (QED) is 0.141. The van der Waals surface area contributed by atoms with E-state index >= 15 is 0 Å². The smallest absolute Gasteiger partial charge is 0.189 e. The van der Waals surface area contributed by atoms with Crippen LogP contribution in [0.3, 0.4) is 0 Å². The molecular weight excluding hydrogens is 346 g/mol. The number of hydrogen-bond acceptors (Lipinski definition) is 11. The monoisotopic (exact) mass is 367 g/mol. The molecule has 6 unspecified atom stereocenters. The highest BCUT2D eigenvalue weighted by Gasteiger charge is 2.49. The van der Waals surface area contributed by atoms with Gasteiger partial charge in [0, 0.05) is 4.91 Å². The number of azide groups is 1. The lowest BCUT2D eigenvalue weighted by Crippen LogP contribution is -2.63. The van der Waals surface area contributed by atoms with Crippen LogP contribution < -0.4 is 0 Å². The van der Waals surface area contributed by atoms with Gasteiger partial charge in [-0.1, -0.05) is 5.11 Å². The Bertz CT molecular complexity index is 488. The molecule has 0 radical (unpaired) electrons. The number of ether oxygens (including phenoxy) is 3. The molecule has 13 heteroatoms. The van der Waals surface area contributed by atoms with Gasteiger partial charge in [-0.05, 0) is 5.53 Å². The molecule has 0 aromatic rings. The van der Waals surface area contributed by atoms with E-state index in [-0.39, 0.29) is 0 Å². The van der Waals surface area contributed by atoms with Crippen molar-refractivity contribution in [1.29, 1.82) is 0 Å². The van der Waals surface area contributed by atoms with Crippen LogP contribution in [0.15, 0.2) is 5.11 Å². The van der Waals surface area contributed by atoms with Crippen molar-refractivity contribution >= 4 is 0 Å². The molecule has 0 bridgehead atoms. The minimum atomic E-state index is -1.74. The van der Waals surface area contributed by atoms with E-state index in [1.54, 1.807) is 0 Å². The first-order valence-electron chi connectivity index (χ1n) is 7.48. The van der Waals surface area contributed by atoms with E-state index in [0.717, 1.165) is 0 Å². The first-order chi connectivity index (χ1) is 11.8. The first-order valence-corrected chi connectivity index (χ1v) is 7.48. The predicted octanol–water partition coefficient (Wildman–Crippen LogP) is -4.08. The van der Waals surface area contributed by atoms with Gasteiger partial charge in [0.25, 0.3) is 0 Å². The molecule has 0 spiro atoms. The van der Waals surface area contributed by atoms with Crippen molar-refractivity contribution < 1.29 is 50.0 Å². The maximum absolute atomic E-state index is 10.0. The summed E-state index contributed by atoms with van der Waals surface area (Å²) in [5.74, 6) is 0. The third-order valence-electron chi connectivity index (χ3n) is 4.15. The van der Waals surface area contributed by atoms with Crippen molar-refractivity contribution in [1.82, 2.24) is 0 Å². The largest absolute Gasteiger partial charge is 0.394 e. The second kappa shape index (κ2) is 8.53. The zero-order valence-corrected chi connectivity index (χ0v) is 12.9. The first kappa shape index (κ1) is 20.2. The Labute approximate surface area is 141 Å². The van der Waals surface area contributed by atoms with Crippen molar-refractivity contribution in [2.45, 2.75) is 61.3 Å². The number of nitrogens with zero attached hydrogens (tertiary/aromatic N) is 3. The van der Waals surface area contributed by atoms with E-state index in [0.29, 0.717) is 0 Å². The van der Waals surface area contributed by atoms with Gasteiger partial charge >= 0.3 is 0 Å². The Morgan fingerprint density at radius 1 is 0.800 bits per heavy atom. The van der Waals surface area contributed by atoms with Gasteiger partial charge in [-0.15, -0.1) is 0 Å². The van der Waals surface area contributed by atoms with E-state index in [4.69, 9.17) is 24.8 Å². The highest BCUT2D eigenvalue weighted by Crippen LogP contribution is 2.29. The van der Waals surface area contributed by atoms with Gasteiger partial charge < -0.3 is 50.0 Å². The third kappa shape index (κ3) is 4.02. The molecule has 0 amide bonds. The molecule has 0 aromatic heterocycles. The Kier molecular flexibility index (Phi) is 6.90. The summed E-state index contributed by atoms with van der Waals surface area (Å²) in [6.45, 7) is -1.35. The molecule has 10 atom stereocenters. The maximum atomic E-state index is 10.0. The van der Waals surface area contributed by atoms with Crippen LogP contribution in [0.1, 0.15) is 0 Å². The zero-order valence-electron chi connectivity index (χ0n) is 12.9. The normalized spacial score (nSPS) is 48.0. The molecule has 2 aliphatic rings. The predicted molar refractivity (Wildman–Crippen MR) is 75.5 cm³/mol. The summed E-state index contributed by atoms with van der Waals surface area (Å²) in [5, 5.41) is 71.0. The molecule has 2 saturated heterocycles. The van der Waals surface area contributed by atoms with Gasteiger partial charge in [0.1, 0.15) is 30.5 Å². The van der Waals surface area contributed by atoms with Crippen LogP contribution in [0, 0.1) is 0 Å². The lowest BCUT2D eigenvalue weighted by atomic mass is 9.97. The summed E-state index contributed by atoms with van der Waals surface area (Å²) in [5.41, 5.74) is 8.48. The number of aliphatic hydroxyl groups excluding tert-OH is 7. The van der Waals surface area contributed by atoms with Gasteiger partial charge in [0.2, 0.25) is 0 Å². The van der Waals surface area contributed by atoms with Crippen LogP contribution in [0.4, 0.5) is 0 Å². The Balaban J connectivity index is 2.12. The van der Waals surface area contributed by atoms with Crippen molar-refractivity contribution in [3.05, 3.63) is 10.4 Å². The molecule has 2 aliphatic heterocycles. The fourth-order valence-corrected chi connectivity index (χ4v) is 2.69. The lowest BCUT2D eigenvalue weighted by Gasteiger charge is -2.44. The summed E-state index contributed by atoms with van der Waals surface area (Å²) in [4.78, 5) is 2.50. The fourth-order valence-electron chi connectivity index (χ4n) is 2.69. The van der Waals surface area contributed by atoms with Crippen LogP contribution in [-0.4, -0.2) is 110 Å². The van der Waals surface area contributed by atoms with Crippen LogP contribution in [0.25, 0.3) is 10.4 Å². The Morgan fingerprint density at radius 3 is 1.84 bits per heavy atom. The molecule has 7 N–H and O–H groups in total. The summed E-state index contributed by atoms with van der Waals surface area (Å²) in [6, 6.07) is -1.28. The standard InChI is InChI=1S/C12H21N3O10/c13-15-14-5-3(1-16)23-11(9(21)7(5)19)25-12-10(22)8(20)6(18)4(2-17)24-12/h3-12,16-22H,1-2H2/t3?,4?,5?,6-,7?,8?,9-,10?,11-,12-/m1/s1. The molecule has 144 valence electrons. The van der Waals surface area contributed by atoms with Crippen LogP contribution >= 0.6 is 0 Å². The molecule has 13 nitrogen and oxygen atoms in total. The summed E-state index contributed by atoms with van der Waals surface area (Å²) in [7, 11) is 0. The molecule has 25 heavy (non-hydrogen) atoms. The SMILES string of the molecule is [N-]=[N+]=NC1C(CO)O[C@H](O[C@H]2OC(CO)[C@@H](O)C(O)C2O)[C@H](O)C1O. The molecular formula is C12H21N3O10. The van der Waals surface area contributed by atoms with Gasteiger partial charge in [0.15, 0.2) is 12.6 Å². The van der Waals surface area contributed by atoms with E-state index in [2.05, 4.69) is 10.0 Å². The average Bonchev–Trinajstić information content (AvgIpc) is 2.61. The molecule has 2 heterocycles. The number of aliphatic hydroxyl groups is 7. The van der Waals surface area contributed by atoms with Crippen molar-refractivity contribution in [2.24, 2.45) is 5.11 Å².